The molecule has 0 saturated carbocycles. The van der Waals surface area contributed by atoms with Crippen molar-refractivity contribution in [1.29, 1.82) is 0 Å². The van der Waals surface area contributed by atoms with E-state index in [0.29, 0.717) is 13.0 Å². The van der Waals surface area contributed by atoms with Crippen LogP contribution in [0.2, 0.25) is 0 Å². The van der Waals surface area contributed by atoms with E-state index in [1.54, 1.807) is 6.92 Å². The Morgan fingerprint density at radius 1 is 1.59 bits per heavy atom. The van der Waals surface area contributed by atoms with Gasteiger partial charge < -0.3 is 15.2 Å². The number of aliphatic hydroxyl groups excluding tert-OH is 1. The lowest BCUT2D eigenvalue weighted by Gasteiger charge is -2.14. The normalized spacial score (nSPS) is 24.5. The van der Waals surface area contributed by atoms with Gasteiger partial charge in [-0.2, -0.15) is 0 Å². The van der Waals surface area contributed by atoms with E-state index >= 15 is 0 Å². The van der Waals surface area contributed by atoms with Gasteiger partial charge in [-0.15, -0.1) is 0 Å². The van der Waals surface area contributed by atoms with Crippen LogP contribution < -0.4 is 5.32 Å². The molecule has 2 unspecified atom stereocenters. The minimum absolute atomic E-state index is 0.0691. The van der Waals surface area contributed by atoms with Gasteiger partial charge in [0, 0.05) is 12.6 Å². The zero-order valence-electron chi connectivity index (χ0n) is 9.89. The minimum Gasteiger partial charge on any atom is -0.466 e. The summed E-state index contributed by atoms with van der Waals surface area (Å²) in [7, 11) is -2.91. The number of esters is 1. The van der Waals surface area contributed by atoms with E-state index in [1.807, 2.05) is 0 Å². The molecule has 100 valence electrons. The van der Waals surface area contributed by atoms with E-state index in [9.17, 15) is 18.3 Å². The van der Waals surface area contributed by atoms with E-state index in [0.717, 1.165) is 0 Å². The van der Waals surface area contributed by atoms with Gasteiger partial charge in [-0.3, -0.25) is 4.79 Å². The Morgan fingerprint density at radius 3 is 2.82 bits per heavy atom. The average molecular weight is 265 g/mol. The molecule has 7 heteroatoms. The number of rotatable bonds is 6. The van der Waals surface area contributed by atoms with Crippen molar-refractivity contribution in [2.24, 2.45) is 0 Å². The van der Waals surface area contributed by atoms with Crippen molar-refractivity contribution in [3.05, 3.63) is 0 Å². The fraction of sp³-hybridized carbons (Fsp3) is 0.900. The van der Waals surface area contributed by atoms with Crippen molar-refractivity contribution in [2.75, 3.05) is 24.7 Å². The quantitative estimate of drug-likeness (QED) is 0.603. The number of carbonyl (C=O) groups excluding carboxylic acids is 1. The van der Waals surface area contributed by atoms with E-state index in [2.05, 4.69) is 5.32 Å². The van der Waals surface area contributed by atoms with Crippen LogP contribution in [-0.2, 0) is 19.4 Å². The topological polar surface area (TPSA) is 92.7 Å². The second-order valence-electron chi connectivity index (χ2n) is 4.17. The van der Waals surface area contributed by atoms with Gasteiger partial charge in [-0.1, -0.05) is 0 Å². The number of sulfone groups is 1. The lowest BCUT2D eigenvalue weighted by Crippen LogP contribution is -2.37. The smallest absolute Gasteiger partial charge is 0.308 e. The first-order valence-electron chi connectivity index (χ1n) is 5.70. The SMILES string of the molecule is CCOC(=O)CC(O)CNC1CCS(=O)(=O)C1. The predicted molar refractivity (Wildman–Crippen MR) is 62.3 cm³/mol. The van der Waals surface area contributed by atoms with E-state index in [-0.39, 0.29) is 30.5 Å². The summed E-state index contributed by atoms with van der Waals surface area (Å²) < 4.78 is 27.0. The Morgan fingerprint density at radius 2 is 2.29 bits per heavy atom. The summed E-state index contributed by atoms with van der Waals surface area (Å²) in [5, 5.41) is 12.5. The third-order valence-electron chi connectivity index (χ3n) is 2.58. The molecule has 1 fully saturated rings. The Labute approximate surface area is 101 Å². The third kappa shape index (κ3) is 5.47. The second-order valence-corrected chi connectivity index (χ2v) is 6.40. The summed E-state index contributed by atoms with van der Waals surface area (Å²) in [6.07, 6.45) is -0.341. The van der Waals surface area contributed by atoms with Gasteiger partial charge in [-0.05, 0) is 13.3 Å². The van der Waals surface area contributed by atoms with Gasteiger partial charge >= 0.3 is 5.97 Å². The number of nitrogens with one attached hydrogen (secondary N) is 1. The zero-order chi connectivity index (χ0) is 12.9. The molecule has 2 N–H and O–H groups in total. The van der Waals surface area contributed by atoms with Gasteiger partial charge in [0.2, 0.25) is 0 Å². The Bertz CT molecular complexity index is 354. The number of ether oxygens (including phenoxy) is 1. The number of hydrogen-bond donors (Lipinski definition) is 2. The summed E-state index contributed by atoms with van der Waals surface area (Å²) in [6, 6.07) is -0.114. The standard InChI is InChI=1S/C10H19NO5S/c1-2-16-10(13)5-9(12)6-11-8-3-4-17(14,15)7-8/h8-9,11-12H,2-7H2,1H3. The van der Waals surface area contributed by atoms with Crippen LogP contribution in [-0.4, -0.2) is 56.3 Å². The van der Waals surface area contributed by atoms with E-state index in [1.165, 1.54) is 0 Å². The maximum atomic E-state index is 11.2. The van der Waals surface area contributed by atoms with Gasteiger partial charge in [0.15, 0.2) is 9.84 Å². The molecule has 1 saturated heterocycles. The third-order valence-corrected chi connectivity index (χ3v) is 4.35. The molecule has 6 nitrogen and oxygen atoms in total. The second kappa shape index (κ2) is 6.32. The fourth-order valence-electron chi connectivity index (χ4n) is 1.74. The van der Waals surface area contributed by atoms with Crippen molar-refractivity contribution >= 4 is 15.8 Å². The lowest BCUT2D eigenvalue weighted by atomic mass is 10.2. The van der Waals surface area contributed by atoms with Gasteiger partial charge in [0.25, 0.3) is 0 Å². The number of aliphatic hydroxyl groups is 1. The van der Waals surface area contributed by atoms with Crippen molar-refractivity contribution in [2.45, 2.75) is 31.9 Å². The average Bonchev–Trinajstić information content (AvgIpc) is 2.55. The summed E-state index contributed by atoms with van der Waals surface area (Å²) in [5.41, 5.74) is 0. The highest BCUT2D eigenvalue weighted by molar-refractivity contribution is 7.91. The molecule has 0 bridgehead atoms. The summed E-state index contributed by atoms with van der Waals surface area (Å²) >= 11 is 0. The van der Waals surface area contributed by atoms with Crippen molar-refractivity contribution in [3.63, 3.8) is 0 Å². The van der Waals surface area contributed by atoms with Crippen molar-refractivity contribution in [3.8, 4) is 0 Å². The molecule has 0 spiro atoms. The molecule has 17 heavy (non-hydrogen) atoms. The molecule has 1 rings (SSSR count). The van der Waals surface area contributed by atoms with Crippen LogP contribution in [0.4, 0.5) is 0 Å². The minimum atomic E-state index is -2.91. The maximum Gasteiger partial charge on any atom is 0.308 e. The molecule has 0 aliphatic carbocycles. The zero-order valence-corrected chi connectivity index (χ0v) is 10.7. The first-order valence-corrected chi connectivity index (χ1v) is 7.52. The Kier molecular flexibility index (Phi) is 5.35. The highest BCUT2D eigenvalue weighted by Crippen LogP contribution is 2.11. The molecule has 1 heterocycles. The predicted octanol–water partition coefficient (Wildman–Crippen LogP) is -0.923. The largest absolute Gasteiger partial charge is 0.466 e. The molecule has 0 amide bonds. The Hall–Kier alpha value is -0.660. The van der Waals surface area contributed by atoms with Crippen LogP contribution in [0.25, 0.3) is 0 Å². The van der Waals surface area contributed by atoms with Crippen LogP contribution in [0.5, 0.6) is 0 Å². The van der Waals surface area contributed by atoms with Gasteiger partial charge in [-0.25, -0.2) is 8.42 Å². The van der Waals surface area contributed by atoms with Crippen LogP contribution >= 0.6 is 0 Å². The summed E-state index contributed by atoms with van der Waals surface area (Å²) in [4.78, 5) is 11.0. The first-order chi connectivity index (χ1) is 7.93. The molecular weight excluding hydrogens is 246 g/mol. The molecular formula is C10H19NO5S. The molecule has 2 atom stereocenters. The maximum absolute atomic E-state index is 11.2. The van der Waals surface area contributed by atoms with Crippen LogP contribution in [0, 0.1) is 0 Å². The van der Waals surface area contributed by atoms with E-state index in [4.69, 9.17) is 4.74 Å². The van der Waals surface area contributed by atoms with Crippen molar-refractivity contribution in [1.82, 2.24) is 5.32 Å². The molecule has 0 aromatic rings. The molecule has 1 aliphatic rings. The van der Waals surface area contributed by atoms with E-state index < -0.39 is 21.9 Å². The molecule has 0 aromatic carbocycles. The monoisotopic (exact) mass is 265 g/mol. The number of carbonyl (C=O) groups is 1. The summed E-state index contributed by atoms with van der Waals surface area (Å²) in [6.45, 7) is 2.20. The Balaban J connectivity index is 2.20. The van der Waals surface area contributed by atoms with Crippen LogP contribution in [0.3, 0.4) is 0 Å². The highest BCUT2D eigenvalue weighted by atomic mass is 32.2. The molecule has 0 radical (unpaired) electrons. The van der Waals surface area contributed by atoms with Crippen LogP contribution in [0.15, 0.2) is 0 Å². The van der Waals surface area contributed by atoms with Crippen LogP contribution in [0.1, 0.15) is 19.8 Å². The first kappa shape index (κ1) is 14.4. The highest BCUT2D eigenvalue weighted by Gasteiger charge is 2.27. The van der Waals surface area contributed by atoms with Gasteiger partial charge in [0.05, 0.1) is 30.6 Å². The number of hydrogen-bond acceptors (Lipinski definition) is 6. The molecule has 1 aliphatic heterocycles. The van der Waals surface area contributed by atoms with Crippen molar-refractivity contribution < 1.29 is 23.1 Å². The molecule has 0 aromatic heterocycles. The fourth-order valence-corrected chi connectivity index (χ4v) is 3.45. The summed E-state index contributed by atoms with van der Waals surface area (Å²) in [5.74, 6) is -0.140. The van der Waals surface area contributed by atoms with Gasteiger partial charge in [0.1, 0.15) is 0 Å². The lowest BCUT2D eigenvalue weighted by molar-refractivity contribution is -0.145.